The lowest BCUT2D eigenvalue weighted by atomic mass is 10.0. The monoisotopic (exact) mass is 333 g/mol. The highest BCUT2D eigenvalue weighted by atomic mass is 16.5. The van der Waals surface area contributed by atoms with Crippen molar-refractivity contribution < 1.29 is 9.47 Å². The Balaban J connectivity index is 1.78. The molecular weight excluding hydrogens is 302 g/mol. The van der Waals surface area contributed by atoms with Gasteiger partial charge in [0, 0.05) is 13.2 Å². The van der Waals surface area contributed by atoms with Crippen LogP contribution in [-0.2, 0) is 9.47 Å². The zero-order chi connectivity index (χ0) is 17.2. The maximum absolute atomic E-state index is 5.67. The molecule has 0 amide bonds. The van der Waals surface area contributed by atoms with Crippen LogP contribution in [0.4, 0.5) is 0 Å². The van der Waals surface area contributed by atoms with E-state index in [1.165, 1.54) is 11.1 Å². The molecule has 0 radical (unpaired) electrons. The van der Waals surface area contributed by atoms with E-state index in [1.807, 2.05) is 0 Å². The first-order valence-corrected chi connectivity index (χ1v) is 9.00. The van der Waals surface area contributed by atoms with E-state index >= 15 is 0 Å². The third-order valence-electron chi connectivity index (χ3n) is 4.19. The van der Waals surface area contributed by atoms with Gasteiger partial charge in [0.05, 0.1) is 31.9 Å². The zero-order valence-corrected chi connectivity index (χ0v) is 15.2. The van der Waals surface area contributed by atoms with Crippen LogP contribution in [0, 0.1) is 6.92 Å². The molecule has 0 saturated carbocycles. The van der Waals surface area contributed by atoms with E-state index in [4.69, 9.17) is 9.47 Å². The Bertz CT molecular complexity index is 513. The van der Waals surface area contributed by atoms with Gasteiger partial charge in [-0.25, -0.2) is 0 Å². The fraction of sp³-hybridized carbons (Fsp3) is 0.632. The number of guanidine groups is 1. The molecule has 1 fully saturated rings. The molecule has 1 aromatic carbocycles. The molecule has 1 aliphatic heterocycles. The van der Waals surface area contributed by atoms with Crippen molar-refractivity contribution in [3.63, 3.8) is 0 Å². The van der Waals surface area contributed by atoms with E-state index in [1.54, 1.807) is 0 Å². The fourth-order valence-electron chi connectivity index (χ4n) is 2.89. The third-order valence-corrected chi connectivity index (χ3v) is 4.19. The number of nitrogens with zero attached hydrogens (tertiary/aromatic N) is 1. The fourth-order valence-corrected chi connectivity index (χ4v) is 2.89. The van der Waals surface area contributed by atoms with Gasteiger partial charge in [-0.15, -0.1) is 0 Å². The SMILES string of the molecule is CCNC(=NCCOCC1CCCO1)NC(C)c1ccccc1C. The van der Waals surface area contributed by atoms with Crippen LogP contribution < -0.4 is 10.6 Å². The Morgan fingerprint density at radius 2 is 2.25 bits per heavy atom. The first kappa shape index (κ1) is 18.7. The van der Waals surface area contributed by atoms with Crippen LogP contribution >= 0.6 is 0 Å². The Labute approximate surface area is 145 Å². The summed E-state index contributed by atoms with van der Waals surface area (Å²) in [6.07, 6.45) is 2.54. The molecule has 0 spiro atoms. The van der Waals surface area contributed by atoms with Gasteiger partial charge in [0.2, 0.25) is 0 Å². The first-order chi connectivity index (χ1) is 11.7. The van der Waals surface area contributed by atoms with E-state index < -0.39 is 0 Å². The number of aryl methyl sites for hydroxylation is 1. The van der Waals surface area contributed by atoms with Crippen LogP contribution in [0.15, 0.2) is 29.3 Å². The predicted octanol–water partition coefficient (Wildman–Crippen LogP) is 2.81. The summed E-state index contributed by atoms with van der Waals surface area (Å²) in [5.41, 5.74) is 2.57. The molecule has 2 unspecified atom stereocenters. The first-order valence-electron chi connectivity index (χ1n) is 9.00. The van der Waals surface area contributed by atoms with Gasteiger partial charge in [-0.05, 0) is 44.7 Å². The molecule has 2 rings (SSSR count). The maximum Gasteiger partial charge on any atom is 0.191 e. The van der Waals surface area contributed by atoms with Crippen molar-refractivity contribution in [1.82, 2.24) is 10.6 Å². The summed E-state index contributed by atoms with van der Waals surface area (Å²) in [4.78, 5) is 4.60. The van der Waals surface area contributed by atoms with Gasteiger partial charge in [0.1, 0.15) is 0 Å². The average Bonchev–Trinajstić information content (AvgIpc) is 3.08. The van der Waals surface area contributed by atoms with E-state index in [0.717, 1.165) is 32.0 Å². The van der Waals surface area contributed by atoms with Crippen molar-refractivity contribution in [3.05, 3.63) is 35.4 Å². The minimum atomic E-state index is 0.205. The Morgan fingerprint density at radius 3 is 2.96 bits per heavy atom. The van der Waals surface area contributed by atoms with Crippen molar-refractivity contribution >= 4 is 5.96 Å². The van der Waals surface area contributed by atoms with E-state index in [9.17, 15) is 0 Å². The largest absolute Gasteiger partial charge is 0.377 e. The summed E-state index contributed by atoms with van der Waals surface area (Å²) in [5.74, 6) is 0.828. The highest BCUT2D eigenvalue weighted by Crippen LogP contribution is 2.16. The highest BCUT2D eigenvalue weighted by molar-refractivity contribution is 5.80. The molecular formula is C19H31N3O2. The van der Waals surface area contributed by atoms with Crippen LogP contribution in [0.3, 0.4) is 0 Å². The molecule has 0 aliphatic carbocycles. The van der Waals surface area contributed by atoms with Gasteiger partial charge in [-0.2, -0.15) is 0 Å². The van der Waals surface area contributed by atoms with Crippen molar-refractivity contribution in [2.24, 2.45) is 4.99 Å². The number of hydrogen-bond donors (Lipinski definition) is 2. The molecule has 0 aromatic heterocycles. The summed E-state index contributed by atoms with van der Waals surface area (Å²) in [6.45, 7) is 10.0. The molecule has 5 heteroatoms. The second-order valence-electron chi connectivity index (χ2n) is 6.19. The smallest absolute Gasteiger partial charge is 0.191 e. The van der Waals surface area contributed by atoms with Crippen LogP contribution in [-0.4, -0.2) is 45.0 Å². The lowest BCUT2D eigenvalue weighted by Crippen LogP contribution is -2.39. The Morgan fingerprint density at radius 1 is 1.42 bits per heavy atom. The summed E-state index contributed by atoms with van der Waals surface area (Å²) in [6, 6.07) is 8.63. The topological polar surface area (TPSA) is 54.9 Å². The quantitative estimate of drug-likeness (QED) is 0.436. The Hall–Kier alpha value is -1.59. The van der Waals surface area contributed by atoms with E-state index in [2.05, 4.69) is 60.7 Å². The molecule has 1 aliphatic rings. The number of benzene rings is 1. The van der Waals surface area contributed by atoms with Crippen molar-refractivity contribution in [3.8, 4) is 0 Å². The van der Waals surface area contributed by atoms with Crippen LogP contribution in [0.25, 0.3) is 0 Å². The molecule has 1 heterocycles. The van der Waals surface area contributed by atoms with Gasteiger partial charge >= 0.3 is 0 Å². The highest BCUT2D eigenvalue weighted by Gasteiger charge is 2.15. The molecule has 5 nitrogen and oxygen atoms in total. The number of ether oxygens (including phenoxy) is 2. The molecule has 2 N–H and O–H groups in total. The number of hydrogen-bond acceptors (Lipinski definition) is 3. The average molecular weight is 333 g/mol. The van der Waals surface area contributed by atoms with Crippen LogP contribution in [0.1, 0.15) is 43.9 Å². The minimum Gasteiger partial charge on any atom is -0.377 e. The van der Waals surface area contributed by atoms with Crippen molar-refractivity contribution in [1.29, 1.82) is 0 Å². The van der Waals surface area contributed by atoms with E-state index in [-0.39, 0.29) is 12.1 Å². The minimum absolute atomic E-state index is 0.205. The van der Waals surface area contributed by atoms with Gasteiger partial charge in [-0.1, -0.05) is 24.3 Å². The van der Waals surface area contributed by atoms with Crippen molar-refractivity contribution in [2.75, 3.05) is 32.9 Å². The second kappa shape index (κ2) is 10.3. The number of aliphatic imine (C=N–C) groups is 1. The van der Waals surface area contributed by atoms with E-state index in [0.29, 0.717) is 19.8 Å². The molecule has 2 atom stereocenters. The number of rotatable bonds is 8. The third kappa shape index (κ3) is 6.13. The predicted molar refractivity (Wildman–Crippen MR) is 98.5 cm³/mol. The second-order valence-corrected chi connectivity index (χ2v) is 6.19. The molecule has 1 saturated heterocycles. The summed E-state index contributed by atoms with van der Waals surface area (Å²) in [7, 11) is 0. The van der Waals surface area contributed by atoms with Crippen LogP contribution in [0.2, 0.25) is 0 Å². The normalized spacial score (nSPS) is 19.3. The molecule has 134 valence electrons. The maximum atomic E-state index is 5.67. The zero-order valence-electron chi connectivity index (χ0n) is 15.2. The van der Waals surface area contributed by atoms with Gasteiger partial charge in [-0.3, -0.25) is 4.99 Å². The number of nitrogens with one attached hydrogen (secondary N) is 2. The summed E-state index contributed by atoms with van der Waals surface area (Å²) < 4.78 is 11.2. The summed E-state index contributed by atoms with van der Waals surface area (Å²) in [5, 5.41) is 6.76. The Kier molecular flexibility index (Phi) is 8.05. The standard InChI is InChI=1S/C19H31N3O2/c1-4-20-19(21-11-13-23-14-17-9-7-12-24-17)22-16(3)18-10-6-5-8-15(18)2/h5-6,8,10,16-17H,4,7,9,11-14H2,1-3H3,(H2,20,21,22). The van der Waals surface area contributed by atoms with Gasteiger partial charge < -0.3 is 20.1 Å². The molecule has 24 heavy (non-hydrogen) atoms. The van der Waals surface area contributed by atoms with Gasteiger partial charge in [0.15, 0.2) is 5.96 Å². The van der Waals surface area contributed by atoms with Gasteiger partial charge in [0.25, 0.3) is 0 Å². The van der Waals surface area contributed by atoms with Crippen LogP contribution in [0.5, 0.6) is 0 Å². The molecule has 0 bridgehead atoms. The summed E-state index contributed by atoms with van der Waals surface area (Å²) >= 11 is 0. The van der Waals surface area contributed by atoms with Crippen molar-refractivity contribution in [2.45, 2.75) is 45.8 Å². The lowest BCUT2D eigenvalue weighted by molar-refractivity contribution is 0.0200. The molecule has 1 aromatic rings. The lowest BCUT2D eigenvalue weighted by Gasteiger charge is -2.19.